The van der Waals surface area contributed by atoms with Gasteiger partial charge in [0, 0.05) is 11.3 Å². The first-order chi connectivity index (χ1) is 9.69. The molecular weight excluding hydrogens is 245 g/mol. The van der Waals surface area contributed by atoms with Crippen molar-refractivity contribution in [3.05, 3.63) is 97.7 Å². The molecule has 0 aliphatic carbocycles. The molecule has 0 spiro atoms. The van der Waals surface area contributed by atoms with Gasteiger partial charge in [-0.3, -0.25) is 4.79 Å². The summed E-state index contributed by atoms with van der Waals surface area (Å²) in [6.07, 6.45) is 15.7. The zero-order valence-corrected chi connectivity index (χ0v) is 11.6. The number of hydrogen-bond donors (Lipinski definition) is 0. The van der Waals surface area contributed by atoms with Gasteiger partial charge in [-0.15, -0.1) is 0 Å². The van der Waals surface area contributed by atoms with Crippen LogP contribution in [0.3, 0.4) is 0 Å². The largest absolute Gasteiger partial charge is 0.352 e. The molecule has 0 fully saturated rings. The minimum Gasteiger partial charge on any atom is -0.352 e. The van der Waals surface area contributed by atoms with Gasteiger partial charge in [-0.05, 0) is 17.6 Å². The highest BCUT2D eigenvalue weighted by Gasteiger charge is 2.29. The lowest BCUT2D eigenvalue weighted by atomic mass is 9.81. The minimum atomic E-state index is -0.0643. The van der Waals surface area contributed by atoms with Crippen molar-refractivity contribution in [2.75, 3.05) is 0 Å². The van der Waals surface area contributed by atoms with Crippen LogP contribution in [0, 0.1) is 0 Å². The van der Waals surface area contributed by atoms with Crippen LogP contribution < -0.4 is 0 Å². The Kier molecular flexibility index (Phi) is 6.05. The monoisotopic (exact) mass is 263 g/mol. The first kappa shape index (κ1) is 15.5. The highest BCUT2D eigenvalue weighted by molar-refractivity contribution is 6.54. The van der Waals surface area contributed by atoms with Crippen LogP contribution in [0.1, 0.15) is 0 Å². The predicted molar refractivity (Wildman–Crippen MR) is 88.2 cm³/mol. The van der Waals surface area contributed by atoms with E-state index in [1.807, 2.05) is 18.2 Å². The summed E-state index contributed by atoms with van der Waals surface area (Å²) in [7, 11) is 0.506. The van der Waals surface area contributed by atoms with E-state index >= 15 is 0 Å². The van der Waals surface area contributed by atoms with Crippen molar-refractivity contribution in [1.82, 2.24) is 4.81 Å². The number of rotatable bonds is 7. The highest BCUT2D eigenvalue weighted by Crippen LogP contribution is 2.23. The van der Waals surface area contributed by atoms with Gasteiger partial charge in [-0.25, -0.2) is 0 Å². The van der Waals surface area contributed by atoms with Gasteiger partial charge in [-0.2, -0.15) is 0 Å². The van der Waals surface area contributed by atoms with Crippen LogP contribution in [-0.4, -0.2) is 18.1 Å². The van der Waals surface area contributed by atoms with Gasteiger partial charge in [0.05, 0.1) is 0 Å². The molecule has 1 aliphatic heterocycles. The summed E-state index contributed by atoms with van der Waals surface area (Å²) in [6.45, 7) is 14.7. The molecule has 0 radical (unpaired) electrons. The van der Waals surface area contributed by atoms with E-state index in [1.54, 1.807) is 41.3 Å². The van der Waals surface area contributed by atoms with Crippen molar-refractivity contribution >= 4 is 13.3 Å². The Balaban J connectivity index is 3.13. The van der Waals surface area contributed by atoms with E-state index in [2.05, 4.69) is 26.3 Å². The average molecular weight is 263 g/mol. The summed E-state index contributed by atoms with van der Waals surface area (Å²) in [5.74, 6) is -0.0643. The van der Waals surface area contributed by atoms with Gasteiger partial charge >= 0.3 is 0 Å². The molecule has 0 atom stereocenters. The first-order valence-corrected chi connectivity index (χ1v) is 6.28. The van der Waals surface area contributed by atoms with Crippen molar-refractivity contribution in [3.63, 3.8) is 0 Å². The average Bonchev–Trinajstić information content (AvgIpc) is 2.77. The van der Waals surface area contributed by atoms with Crippen molar-refractivity contribution in [2.45, 2.75) is 0 Å². The summed E-state index contributed by atoms with van der Waals surface area (Å²) < 4.78 is 0. The summed E-state index contributed by atoms with van der Waals surface area (Å²) >= 11 is 0. The van der Waals surface area contributed by atoms with Gasteiger partial charge < -0.3 is 4.81 Å². The van der Waals surface area contributed by atoms with Crippen LogP contribution in [0.15, 0.2) is 97.7 Å². The van der Waals surface area contributed by atoms with E-state index in [0.717, 1.165) is 11.2 Å². The molecule has 0 unspecified atom stereocenters. The molecule has 1 heterocycles. The van der Waals surface area contributed by atoms with Crippen molar-refractivity contribution in [1.29, 1.82) is 0 Å². The zero-order chi connectivity index (χ0) is 15.0. The summed E-state index contributed by atoms with van der Waals surface area (Å²) in [6, 6.07) is 0. The Bertz CT molecular complexity index is 562. The molecule has 1 amide bonds. The van der Waals surface area contributed by atoms with Crippen LogP contribution in [-0.2, 0) is 4.79 Å². The first-order valence-electron chi connectivity index (χ1n) is 6.28. The molecule has 0 aromatic heterocycles. The van der Waals surface area contributed by atoms with E-state index in [4.69, 9.17) is 0 Å². The van der Waals surface area contributed by atoms with Crippen molar-refractivity contribution in [3.8, 4) is 0 Å². The SMILES string of the molecule is C=C/C=C\C1=C(C=C)C(=O)N(C(/C=C\C=C)=C/C=C)B1. The van der Waals surface area contributed by atoms with E-state index in [-0.39, 0.29) is 5.91 Å². The summed E-state index contributed by atoms with van der Waals surface area (Å²) in [5, 5.41) is 0. The van der Waals surface area contributed by atoms with Crippen LogP contribution in [0.5, 0.6) is 0 Å². The fourth-order valence-corrected chi connectivity index (χ4v) is 1.89. The minimum absolute atomic E-state index is 0.0643. The van der Waals surface area contributed by atoms with Gasteiger partial charge in [-0.1, -0.05) is 68.8 Å². The third-order valence-electron chi connectivity index (χ3n) is 2.79. The maximum absolute atomic E-state index is 12.4. The molecule has 0 bridgehead atoms. The topological polar surface area (TPSA) is 20.3 Å². The van der Waals surface area contributed by atoms with Crippen LogP contribution in [0.4, 0.5) is 0 Å². The number of hydrogen-bond acceptors (Lipinski definition) is 1. The second-order valence-electron chi connectivity index (χ2n) is 4.05. The molecule has 0 saturated carbocycles. The number of carbonyl (C=O) groups is 1. The molecule has 0 N–H and O–H groups in total. The molecule has 0 aromatic carbocycles. The zero-order valence-electron chi connectivity index (χ0n) is 11.6. The standard InChI is InChI=1S/C17H18BNO/c1-5-9-12-14(11-7-3)19-17(20)15(8-4)16(18-19)13-10-6-2/h5-13,18H,1-4H2/b12-9-,13-10-,14-11+. The Labute approximate surface area is 121 Å². The Morgan fingerprint density at radius 3 is 2.30 bits per heavy atom. The van der Waals surface area contributed by atoms with Crippen molar-refractivity contribution < 1.29 is 4.79 Å². The fourth-order valence-electron chi connectivity index (χ4n) is 1.89. The molecule has 0 saturated heterocycles. The maximum atomic E-state index is 12.4. The van der Waals surface area contributed by atoms with Gasteiger partial charge in [0.2, 0.25) is 5.91 Å². The molecule has 1 rings (SSSR count). The normalized spacial score (nSPS) is 15.9. The van der Waals surface area contributed by atoms with E-state index in [9.17, 15) is 4.79 Å². The number of amides is 1. The maximum Gasteiger partial charge on any atom is 0.280 e. The highest BCUT2D eigenvalue weighted by atomic mass is 16.2. The predicted octanol–water partition coefficient (Wildman–Crippen LogP) is 3.17. The molecular formula is C17H18BNO. The Morgan fingerprint density at radius 1 is 1.05 bits per heavy atom. The second-order valence-corrected chi connectivity index (χ2v) is 4.05. The number of carbonyl (C=O) groups excluding carboxylic acids is 1. The molecule has 100 valence electrons. The van der Waals surface area contributed by atoms with Gasteiger partial charge in [0.1, 0.15) is 0 Å². The van der Waals surface area contributed by atoms with Gasteiger partial charge in [0.25, 0.3) is 7.41 Å². The lowest BCUT2D eigenvalue weighted by Gasteiger charge is -2.17. The van der Waals surface area contributed by atoms with Crippen LogP contribution in [0.2, 0.25) is 0 Å². The number of allylic oxidation sites excluding steroid dienone is 9. The van der Waals surface area contributed by atoms with Crippen LogP contribution in [0.25, 0.3) is 0 Å². The Morgan fingerprint density at radius 2 is 1.75 bits per heavy atom. The van der Waals surface area contributed by atoms with E-state index < -0.39 is 0 Å². The lowest BCUT2D eigenvalue weighted by molar-refractivity contribution is -0.120. The van der Waals surface area contributed by atoms with E-state index in [1.165, 1.54) is 0 Å². The Hall–Kier alpha value is -2.55. The second kappa shape index (κ2) is 7.79. The van der Waals surface area contributed by atoms with Crippen molar-refractivity contribution in [2.24, 2.45) is 0 Å². The van der Waals surface area contributed by atoms with E-state index in [0.29, 0.717) is 13.0 Å². The molecule has 3 heteroatoms. The quantitative estimate of drug-likeness (QED) is 0.510. The molecule has 1 aliphatic rings. The van der Waals surface area contributed by atoms with Gasteiger partial charge in [0.15, 0.2) is 0 Å². The lowest BCUT2D eigenvalue weighted by Crippen LogP contribution is -2.28. The summed E-state index contributed by atoms with van der Waals surface area (Å²) in [4.78, 5) is 14.1. The smallest absolute Gasteiger partial charge is 0.280 e. The van der Waals surface area contributed by atoms with Crippen LogP contribution >= 0.6 is 0 Å². The third kappa shape index (κ3) is 3.48. The fraction of sp³-hybridized carbons (Fsp3) is 0. The summed E-state index contributed by atoms with van der Waals surface area (Å²) in [5.41, 5.74) is 2.31. The molecule has 20 heavy (non-hydrogen) atoms. The molecule has 2 nitrogen and oxygen atoms in total. The molecule has 0 aromatic rings. The number of nitrogens with zero attached hydrogens (tertiary/aromatic N) is 1. The third-order valence-corrected chi connectivity index (χ3v) is 2.79.